The molecule has 0 aliphatic rings. The predicted octanol–water partition coefficient (Wildman–Crippen LogP) is 2.39. The zero-order valence-corrected chi connectivity index (χ0v) is 11.2. The zero-order chi connectivity index (χ0) is 12.9. The van der Waals surface area contributed by atoms with E-state index in [4.69, 9.17) is 4.74 Å². The minimum absolute atomic E-state index is 0.0300. The molecular weight excluding hydrogens is 284 g/mol. The van der Waals surface area contributed by atoms with Gasteiger partial charge in [0.25, 0.3) is 0 Å². The highest BCUT2D eigenvalue weighted by molar-refractivity contribution is 9.09. The van der Waals surface area contributed by atoms with Crippen molar-refractivity contribution in [2.45, 2.75) is 12.5 Å². The Morgan fingerprint density at radius 3 is 2.53 bits per heavy atom. The molecule has 0 amide bonds. The van der Waals surface area contributed by atoms with Gasteiger partial charge in [-0.1, -0.05) is 52.8 Å². The SMILES string of the molecule is C=C(C(=O)OCC)C(O)(CBr)c1ccccc1. The largest absolute Gasteiger partial charge is 0.463 e. The van der Waals surface area contributed by atoms with Crippen LogP contribution in [0.4, 0.5) is 0 Å². The molecule has 0 saturated heterocycles. The van der Waals surface area contributed by atoms with Crippen molar-refractivity contribution in [2.75, 3.05) is 11.9 Å². The lowest BCUT2D eigenvalue weighted by molar-refractivity contribution is -0.140. The standard InChI is InChI=1S/C13H15BrO3/c1-3-17-12(15)10(2)13(16,9-14)11-7-5-4-6-8-11/h4-8,16H,2-3,9H2,1H3. The van der Waals surface area contributed by atoms with Crippen molar-refractivity contribution >= 4 is 21.9 Å². The van der Waals surface area contributed by atoms with Gasteiger partial charge in [-0.05, 0) is 12.5 Å². The smallest absolute Gasteiger partial charge is 0.336 e. The highest BCUT2D eigenvalue weighted by Crippen LogP contribution is 2.31. The lowest BCUT2D eigenvalue weighted by Gasteiger charge is -2.27. The first-order valence-electron chi connectivity index (χ1n) is 5.26. The van der Waals surface area contributed by atoms with Gasteiger partial charge >= 0.3 is 5.97 Å². The van der Waals surface area contributed by atoms with Crippen molar-refractivity contribution in [3.63, 3.8) is 0 Å². The molecule has 92 valence electrons. The Labute approximate surface area is 109 Å². The minimum Gasteiger partial charge on any atom is -0.463 e. The van der Waals surface area contributed by atoms with Gasteiger partial charge in [0.05, 0.1) is 12.2 Å². The topological polar surface area (TPSA) is 46.5 Å². The van der Waals surface area contributed by atoms with Crippen LogP contribution in [0.25, 0.3) is 0 Å². The van der Waals surface area contributed by atoms with E-state index in [1.165, 1.54) is 0 Å². The molecule has 0 spiro atoms. The molecule has 1 N–H and O–H groups in total. The van der Waals surface area contributed by atoms with Crippen LogP contribution < -0.4 is 0 Å². The quantitative estimate of drug-likeness (QED) is 0.516. The van der Waals surface area contributed by atoms with Crippen molar-refractivity contribution in [3.8, 4) is 0 Å². The molecule has 0 fully saturated rings. The summed E-state index contributed by atoms with van der Waals surface area (Å²) in [7, 11) is 0. The number of carbonyl (C=O) groups is 1. The summed E-state index contributed by atoms with van der Waals surface area (Å²) in [6.07, 6.45) is 0. The van der Waals surface area contributed by atoms with Gasteiger partial charge in [0.1, 0.15) is 5.60 Å². The van der Waals surface area contributed by atoms with Crippen molar-refractivity contribution in [2.24, 2.45) is 0 Å². The van der Waals surface area contributed by atoms with Crippen LogP contribution in [0.2, 0.25) is 0 Å². The van der Waals surface area contributed by atoms with Gasteiger partial charge in [0.15, 0.2) is 0 Å². The second-order valence-corrected chi connectivity index (χ2v) is 4.12. The van der Waals surface area contributed by atoms with Crippen LogP contribution in [0.3, 0.4) is 0 Å². The van der Waals surface area contributed by atoms with E-state index in [2.05, 4.69) is 22.5 Å². The Morgan fingerprint density at radius 1 is 1.47 bits per heavy atom. The van der Waals surface area contributed by atoms with Crippen molar-refractivity contribution < 1.29 is 14.6 Å². The third kappa shape index (κ3) is 2.96. The number of carbonyl (C=O) groups excluding carboxylic acids is 1. The van der Waals surface area contributed by atoms with Gasteiger partial charge in [-0.25, -0.2) is 4.79 Å². The van der Waals surface area contributed by atoms with E-state index in [1.807, 2.05) is 6.07 Å². The number of benzene rings is 1. The van der Waals surface area contributed by atoms with E-state index in [0.29, 0.717) is 5.56 Å². The maximum atomic E-state index is 11.6. The molecule has 0 radical (unpaired) electrons. The summed E-state index contributed by atoms with van der Waals surface area (Å²) in [6, 6.07) is 8.91. The Balaban J connectivity index is 3.04. The molecule has 1 rings (SSSR count). The minimum atomic E-state index is -1.44. The lowest BCUT2D eigenvalue weighted by Crippen LogP contribution is -2.34. The summed E-state index contributed by atoms with van der Waals surface area (Å²) in [6.45, 7) is 5.60. The fraction of sp³-hybridized carbons (Fsp3) is 0.308. The first-order chi connectivity index (χ1) is 8.06. The summed E-state index contributed by atoms with van der Waals surface area (Å²) < 4.78 is 4.85. The van der Waals surface area contributed by atoms with E-state index >= 15 is 0 Å². The number of aliphatic hydroxyl groups is 1. The second-order valence-electron chi connectivity index (χ2n) is 3.56. The normalized spacial score (nSPS) is 13.8. The summed E-state index contributed by atoms with van der Waals surface area (Å²) >= 11 is 3.21. The fourth-order valence-corrected chi connectivity index (χ4v) is 2.10. The van der Waals surface area contributed by atoms with Crippen LogP contribution in [-0.4, -0.2) is 23.0 Å². The van der Waals surface area contributed by atoms with Crippen molar-refractivity contribution in [1.29, 1.82) is 0 Å². The summed E-state index contributed by atoms with van der Waals surface area (Å²) in [5.41, 5.74) is -0.801. The highest BCUT2D eigenvalue weighted by atomic mass is 79.9. The fourth-order valence-electron chi connectivity index (χ4n) is 1.43. The third-order valence-corrected chi connectivity index (χ3v) is 3.28. The van der Waals surface area contributed by atoms with Gasteiger partial charge in [0.2, 0.25) is 0 Å². The van der Waals surface area contributed by atoms with Crippen LogP contribution in [0.15, 0.2) is 42.5 Å². The molecule has 0 aliphatic carbocycles. The van der Waals surface area contributed by atoms with E-state index < -0.39 is 11.6 Å². The molecule has 1 aromatic rings. The molecule has 0 heterocycles. The van der Waals surface area contributed by atoms with E-state index in [9.17, 15) is 9.90 Å². The molecule has 0 aliphatic heterocycles. The van der Waals surface area contributed by atoms with Crippen molar-refractivity contribution in [1.82, 2.24) is 0 Å². The van der Waals surface area contributed by atoms with E-state index in [0.717, 1.165) is 0 Å². The van der Waals surface area contributed by atoms with E-state index in [-0.39, 0.29) is 17.5 Å². The first kappa shape index (κ1) is 13.9. The number of alkyl halides is 1. The maximum absolute atomic E-state index is 11.6. The molecular formula is C13H15BrO3. The Bertz CT molecular complexity index is 402. The number of hydrogen-bond acceptors (Lipinski definition) is 3. The summed E-state index contributed by atoms with van der Waals surface area (Å²) in [5.74, 6) is -0.585. The number of ether oxygens (including phenoxy) is 1. The second kappa shape index (κ2) is 5.98. The Morgan fingerprint density at radius 2 is 2.06 bits per heavy atom. The third-order valence-electron chi connectivity index (χ3n) is 2.47. The predicted molar refractivity (Wildman–Crippen MR) is 69.9 cm³/mol. The van der Waals surface area contributed by atoms with Gasteiger partial charge in [-0.15, -0.1) is 0 Å². The van der Waals surface area contributed by atoms with Gasteiger partial charge in [-0.2, -0.15) is 0 Å². The maximum Gasteiger partial charge on any atom is 0.336 e. The summed E-state index contributed by atoms with van der Waals surface area (Å²) in [5, 5.41) is 10.7. The molecule has 1 aromatic carbocycles. The molecule has 17 heavy (non-hydrogen) atoms. The molecule has 3 nitrogen and oxygen atoms in total. The zero-order valence-electron chi connectivity index (χ0n) is 9.65. The van der Waals surface area contributed by atoms with Crippen molar-refractivity contribution in [3.05, 3.63) is 48.0 Å². The number of hydrogen-bond donors (Lipinski definition) is 1. The Kier molecular flexibility index (Phi) is 4.90. The molecule has 0 saturated carbocycles. The number of halogens is 1. The lowest BCUT2D eigenvalue weighted by atomic mass is 9.89. The van der Waals surface area contributed by atoms with E-state index in [1.54, 1.807) is 31.2 Å². The number of rotatable bonds is 5. The molecule has 4 heteroatoms. The molecule has 1 atom stereocenters. The van der Waals surface area contributed by atoms with Crippen LogP contribution >= 0.6 is 15.9 Å². The van der Waals surface area contributed by atoms with Gasteiger partial charge < -0.3 is 9.84 Å². The molecule has 0 bridgehead atoms. The molecule has 1 unspecified atom stereocenters. The van der Waals surface area contributed by atoms with Gasteiger partial charge in [-0.3, -0.25) is 0 Å². The van der Waals surface area contributed by atoms with Crippen LogP contribution in [0.1, 0.15) is 12.5 Å². The van der Waals surface area contributed by atoms with Gasteiger partial charge in [0, 0.05) is 5.33 Å². The van der Waals surface area contributed by atoms with Crippen LogP contribution in [0, 0.1) is 0 Å². The average molecular weight is 299 g/mol. The number of esters is 1. The first-order valence-corrected chi connectivity index (χ1v) is 6.38. The van der Waals surface area contributed by atoms with Crippen LogP contribution in [-0.2, 0) is 15.1 Å². The molecule has 0 aromatic heterocycles. The highest BCUT2D eigenvalue weighted by Gasteiger charge is 2.36. The summed E-state index contributed by atoms with van der Waals surface area (Å²) in [4.78, 5) is 11.6. The van der Waals surface area contributed by atoms with Crippen LogP contribution in [0.5, 0.6) is 0 Å². The average Bonchev–Trinajstić information content (AvgIpc) is 2.38. The Hall–Kier alpha value is -1.13. The monoisotopic (exact) mass is 298 g/mol.